The van der Waals surface area contributed by atoms with Crippen molar-refractivity contribution in [2.24, 2.45) is 0 Å². The first kappa shape index (κ1) is 16.9. The molecule has 3 aromatic carbocycles. The van der Waals surface area contributed by atoms with E-state index < -0.39 is 16.8 Å². The Balaban J connectivity index is 0.000000152. The van der Waals surface area contributed by atoms with Crippen LogP contribution in [0.5, 0.6) is 5.75 Å². The minimum Gasteiger partial charge on any atom is -0.507 e. The van der Waals surface area contributed by atoms with Gasteiger partial charge in [-0.15, -0.1) is 0 Å². The second-order valence-electron chi connectivity index (χ2n) is 5.46. The fourth-order valence-corrected chi connectivity index (χ4v) is 2.57. The number of phenolic OH excluding ortho intramolecular Hbond substituents is 1. The van der Waals surface area contributed by atoms with Crippen molar-refractivity contribution in [1.82, 2.24) is 0 Å². The number of nitro groups is 1. The molecule has 1 heterocycles. The molecular weight excluding hydrogens is 340 g/mol. The van der Waals surface area contributed by atoms with Gasteiger partial charge in [0, 0.05) is 17.1 Å². The number of carbonyl (C=O) groups excluding carboxylic acids is 1. The number of carboxylic acid groups (broad SMARTS) is 1. The van der Waals surface area contributed by atoms with E-state index in [-0.39, 0.29) is 22.6 Å². The number of phenols is 1. The molecule has 1 amide bonds. The zero-order valence-electron chi connectivity index (χ0n) is 13.2. The number of carbonyl (C=O) groups is 2. The highest BCUT2D eigenvalue weighted by Gasteiger charge is 2.25. The number of hydrogen-bond donors (Lipinski definition) is 3. The lowest BCUT2D eigenvalue weighted by Crippen LogP contribution is -2.05. The first-order chi connectivity index (χ1) is 12.4. The van der Waals surface area contributed by atoms with Crippen molar-refractivity contribution in [3.8, 4) is 5.75 Å². The summed E-state index contributed by atoms with van der Waals surface area (Å²) in [6.07, 6.45) is 0. The molecule has 2 bridgehead atoms. The van der Waals surface area contributed by atoms with Gasteiger partial charge >= 0.3 is 5.97 Å². The van der Waals surface area contributed by atoms with Crippen LogP contribution in [0.3, 0.4) is 0 Å². The second kappa shape index (κ2) is 6.52. The Bertz CT molecular complexity index is 1060. The van der Waals surface area contributed by atoms with Crippen LogP contribution in [0.15, 0.2) is 54.6 Å². The normalized spacial score (nSPS) is 11.5. The quantitative estimate of drug-likeness (QED) is 0.479. The first-order valence-corrected chi connectivity index (χ1v) is 7.41. The highest BCUT2D eigenvalue weighted by atomic mass is 16.6. The number of nitro benzene ring substituents is 1. The molecule has 0 aliphatic carbocycles. The summed E-state index contributed by atoms with van der Waals surface area (Å²) in [4.78, 5) is 31.5. The predicted octanol–water partition coefficient (Wildman–Crippen LogP) is 3.40. The molecule has 0 spiro atoms. The monoisotopic (exact) mass is 352 g/mol. The molecule has 0 atom stereocenters. The van der Waals surface area contributed by atoms with Crippen LogP contribution >= 0.6 is 0 Å². The van der Waals surface area contributed by atoms with E-state index in [4.69, 9.17) is 5.11 Å². The van der Waals surface area contributed by atoms with Crippen molar-refractivity contribution in [3.05, 3.63) is 75.8 Å². The highest BCUT2D eigenvalue weighted by Crippen LogP contribution is 2.28. The maximum Gasteiger partial charge on any atom is 0.335 e. The number of aromatic carboxylic acids is 1. The zero-order valence-corrected chi connectivity index (χ0v) is 13.2. The number of nitrogens with zero attached hydrogens (tertiary/aromatic N) is 1. The van der Waals surface area contributed by atoms with E-state index in [1.807, 2.05) is 0 Å². The lowest BCUT2D eigenvalue weighted by Gasteiger charge is -2.02. The number of aromatic hydroxyl groups is 1. The molecule has 1 aliphatic rings. The average molecular weight is 352 g/mol. The van der Waals surface area contributed by atoms with Gasteiger partial charge in [-0.1, -0.05) is 24.3 Å². The third-order valence-electron chi connectivity index (χ3n) is 3.78. The van der Waals surface area contributed by atoms with Crippen molar-refractivity contribution in [1.29, 1.82) is 0 Å². The topological polar surface area (TPSA) is 130 Å². The molecule has 0 saturated heterocycles. The van der Waals surface area contributed by atoms with Crippen LogP contribution < -0.4 is 5.32 Å². The average Bonchev–Trinajstić information content (AvgIpc) is 2.89. The molecule has 1 aliphatic heterocycles. The van der Waals surface area contributed by atoms with Crippen LogP contribution in [-0.2, 0) is 0 Å². The van der Waals surface area contributed by atoms with E-state index in [1.54, 1.807) is 24.3 Å². The van der Waals surface area contributed by atoms with Crippen LogP contribution in [0.4, 0.5) is 11.4 Å². The number of anilines is 1. The number of hydrogen-bond acceptors (Lipinski definition) is 5. The van der Waals surface area contributed by atoms with E-state index in [2.05, 4.69) is 5.32 Å². The van der Waals surface area contributed by atoms with Gasteiger partial charge in [-0.3, -0.25) is 14.9 Å². The largest absolute Gasteiger partial charge is 0.507 e. The van der Waals surface area contributed by atoms with Crippen LogP contribution in [0.2, 0.25) is 0 Å². The summed E-state index contributed by atoms with van der Waals surface area (Å²) in [7, 11) is 0. The van der Waals surface area contributed by atoms with E-state index in [0.717, 1.165) is 5.39 Å². The van der Waals surface area contributed by atoms with E-state index >= 15 is 0 Å². The lowest BCUT2D eigenvalue weighted by atomic mass is 10.1. The zero-order chi connectivity index (χ0) is 18.8. The summed E-state index contributed by atoms with van der Waals surface area (Å²) in [5.41, 5.74) is 0.702. The Morgan fingerprint density at radius 2 is 1.81 bits per heavy atom. The number of amides is 1. The smallest absolute Gasteiger partial charge is 0.335 e. The summed E-state index contributed by atoms with van der Waals surface area (Å²) >= 11 is 0. The number of nitrogens with one attached hydrogen (secondary N) is 1. The molecule has 4 rings (SSSR count). The maximum atomic E-state index is 11.0. The summed E-state index contributed by atoms with van der Waals surface area (Å²) in [6, 6.07) is 14.2. The predicted molar refractivity (Wildman–Crippen MR) is 93.6 cm³/mol. The third kappa shape index (κ3) is 3.16. The van der Waals surface area contributed by atoms with Crippen LogP contribution in [-0.4, -0.2) is 27.0 Å². The summed E-state index contributed by atoms with van der Waals surface area (Å²) < 4.78 is 0. The molecular formula is C18H12N2O6. The van der Waals surface area contributed by atoms with Crippen LogP contribution in [0.25, 0.3) is 10.8 Å². The van der Waals surface area contributed by atoms with Gasteiger partial charge in [0.25, 0.3) is 11.6 Å². The summed E-state index contributed by atoms with van der Waals surface area (Å²) in [6.45, 7) is 0. The second-order valence-corrected chi connectivity index (χ2v) is 5.46. The Morgan fingerprint density at radius 1 is 1.08 bits per heavy atom. The van der Waals surface area contributed by atoms with Gasteiger partial charge in [0.2, 0.25) is 0 Å². The lowest BCUT2D eigenvalue weighted by molar-refractivity contribution is -0.385. The van der Waals surface area contributed by atoms with Crippen molar-refractivity contribution in [3.63, 3.8) is 0 Å². The fraction of sp³-hybridized carbons (Fsp3) is 0. The van der Waals surface area contributed by atoms with Crippen molar-refractivity contribution in [2.45, 2.75) is 0 Å². The molecule has 3 N–H and O–H groups in total. The van der Waals surface area contributed by atoms with Crippen LogP contribution in [0.1, 0.15) is 20.7 Å². The fourth-order valence-electron chi connectivity index (χ4n) is 2.57. The van der Waals surface area contributed by atoms with E-state index in [9.17, 15) is 24.8 Å². The van der Waals surface area contributed by atoms with Crippen molar-refractivity contribution < 1.29 is 24.7 Å². The standard InChI is InChI=1S/C11H8O3.C7H4N2O3/c12-10-6-8(11(13)14)5-7-3-1-2-4-9(7)10;10-7-5-3-4(8-7)1-2-6(5)9(11)12/h1-6,12H,(H,13,14);1-3H,(H,8,10). The summed E-state index contributed by atoms with van der Waals surface area (Å²) in [5.74, 6) is -1.44. The van der Waals surface area contributed by atoms with Crippen LogP contribution in [0, 0.1) is 10.1 Å². The minimum absolute atomic E-state index is 0.000463. The number of fused-ring (bicyclic) bond motifs is 3. The molecule has 0 radical (unpaired) electrons. The van der Waals surface area contributed by atoms with E-state index in [0.29, 0.717) is 11.1 Å². The Kier molecular flexibility index (Phi) is 4.24. The molecule has 8 nitrogen and oxygen atoms in total. The molecule has 8 heteroatoms. The van der Waals surface area contributed by atoms with E-state index in [1.165, 1.54) is 30.3 Å². The first-order valence-electron chi connectivity index (χ1n) is 7.41. The third-order valence-corrected chi connectivity index (χ3v) is 3.78. The SMILES string of the molecule is O=C(O)c1cc(O)c2ccccc2c1.O=C1Nc2ccc([N+](=O)[O-])c1c2. The van der Waals surface area contributed by atoms with Gasteiger partial charge in [-0.05, 0) is 29.7 Å². The Morgan fingerprint density at radius 3 is 2.50 bits per heavy atom. The molecule has 0 saturated carbocycles. The summed E-state index contributed by atoms with van der Waals surface area (Å²) in [5, 5.41) is 32.5. The van der Waals surface area contributed by atoms with Crippen molar-refractivity contribution >= 4 is 34.0 Å². The number of benzene rings is 3. The molecule has 0 fully saturated rings. The molecule has 3 aromatic rings. The maximum absolute atomic E-state index is 11.0. The highest BCUT2D eigenvalue weighted by molar-refractivity contribution is 6.12. The molecule has 130 valence electrons. The molecule has 26 heavy (non-hydrogen) atoms. The Hall–Kier alpha value is -3.94. The minimum atomic E-state index is -1.04. The number of carboxylic acids is 1. The van der Waals surface area contributed by atoms with Crippen molar-refractivity contribution in [2.75, 3.05) is 5.32 Å². The van der Waals surface area contributed by atoms with Gasteiger partial charge in [-0.2, -0.15) is 0 Å². The molecule has 0 aromatic heterocycles. The van der Waals surface area contributed by atoms with Gasteiger partial charge in [0.15, 0.2) is 0 Å². The van der Waals surface area contributed by atoms with Gasteiger partial charge in [-0.25, -0.2) is 4.79 Å². The van der Waals surface area contributed by atoms with Gasteiger partial charge < -0.3 is 15.5 Å². The van der Waals surface area contributed by atoms with Gasteiger partial charge in [0.1, 0.15) is 11.3 Å². The van der Waals surface area contributed by atoms with Gasteiger partial charge in [0.05, 0.1) is 10.5 Å². The molecule has 0 unspecified atom stereocenters. The number of rotatable bonds is 2. The Labute approximate surface area is 146 Å².